The van der Waals surface area contributed by atoms with Crippen LogP contribution in [0.5, 0.6) is 5.75 Å². The number of carbonyl (C=O) groups excluding carboxylic acids is 1. The lowest BCUT2D eigenvalue weighted by Crippen LogP contribution is -2.29. The molecule has 0 spiro atoms. The van der Waals surface area contributed by atoms with Crippen molar-refractivity contribution in [2.45, 2.75) is 26.1 Å². The van der Waals surface area contributed by atoms with E-state index >= 15 is 0 Å². The van der Waals surface area contributed by atoms with Gasteiger partial charge in [0, 0.05) is 12.1 Å². The van der Waals surface area contributed by atoms with Crippen LogP contribution in [0.4, 0.5) is 0 Å². The molecule has 130 valence electrons. The molecule has 1 aromatic heterocycles. The summed E-state index contributed by atoms with van der Waals surface area (Å²) in [4.78, 5) is 12.3. The van der Waals surface area contributed by atoms with Crippen LogP contribution in [0.15, 0.2) is 41.1 Å². The number of hydrogen-bond acceptors (Lipinski definition) is 5. The van der Waals surface area contributed by atoms with Crippen molar-refractivity contribution in [3.8, 4) is 5.75 Å². The first-order valence-electron chi connectivity index (χ1n) is 7.89. The summed E-state index contributed by atoms with van der Waals surface area (Å²) in [6.07, 6.45) is -0.171. The summed E-state index contributed by atoms with van der Waals surface area (Å²) in [7, 11) is 0. The topological polar surface area (TPSA) is 67.8 Å². The zero-order chi connectivity index (χ0) is 17.4. The zero-order valence-corrected chi connectivity index (χ0v) is 14.7. The molecular formula is C18H23NO4S. The van der Waals surface area contributed by atoms with Crippen LogP contribution in [-0.2, 0) is 4.74 Å². The van der Waals surface area contributed by atoms with E-state index < -0.39 is 0 Å². The maximum atomic E-state index is 12.3. The Morgan fingerprint density at radius 1 is 1.25 bits per heavy atom. The molecule has 0 saturated heterocycles. The average Bonchev–Trinajstić information content (AvgIpc) is 3.09. The van der Waals surface area contributed by atoms with E-state index in [0.717, 1.165) is 11.3 Å². The fourth-order valence-corrected chi connectivity index (χ4v) is 2.87. The third-order valence-electron chi connectivity index (χ3n) is 3.26. The first-order valence-corrected chi connectivity index (χ1v) is 8.84. The van der Waals surface area contributed by atoms with Crippen LogP contribution < -0.4 is 10.1 Å². The number of benzene rings is 1. The first kappa shape index (κ1) is 18.4. The van der Waals surface area contributed by atoms with E-state index in [2.05, 4.69) is 5.32 Å². The quantitative estimate of drug-likeness (QED) is 0.730. The van der Waals surface area contributed by atoms with Gasteiger partial charge in [-0.2, -0.15) is 11.3 Å². The number of nitrogens with one attached hydrogen (secondary N) is 1. The van der Waals surface area contributed by atoms with Crippen LogP contribution in [0, 0.1) is 0 Å². The van der Waals surface area contributed by atoms with Crippen molar-refractivity contribution in [3.05, 3.63) is 52.2 Å². The van der Waals surface area contributed by atoms with Gasteiger partial charge in [-0.1, -0.05) is 0 Å². The van der Waals surface area contributed by atoms with E-state index in [4.69, 9.17) is 14.6 Å². The summed E-state index contributed by atoms with van der Waals surface area (Å²) in [6, 6.07) is 9.00. The van der Waals surface area contributed by atoms with E-state index in [1.807, 2.05) is 30.7 Å². The third-order valence-corrected chi connectivity index (χ3v) is 3.96. The maximum absolute atomic E-state index is 12.3. The highest BCUT2D eigenvalue weighted by atomic mass is 32.1. The van der Waals surface area contributed by atoms with Gasteiger partial charge in [-0.25, -0.2) is 0 Å². The second-order valence-corrected chi connectivity index (χ2v) is 6.32. The molecule has 1 amide bonds. The minimum absolute atomic E-state index is 0.0497. The third kappa shape index (κ3) is 5.63. The van der Waals surface area contributed by atoms with Gasteiger partial charge in [0.05, 0.1) is 19.3 Å². The second kappa shape index (κ2) is 9.42. The van der Waals surface area contributed by atoms with Crippen LogP contribution >= 0.6 is 11.3 Å². The van der Waals surface area contributed by atoms with Crippen molar-refractivity contribution in [1.82, 2.24) is 5.32 Å². The molecular weight excluding hydrogens is 326 g/mol. The fourth-order valence-electron chi connectivity index (χ4n) is 2.17. The Morgan fingerprint density at radius 2 is 2.00 bits per heavy atom. The Kier molecular flexibility index (Phi) is 7.24. The smallest absolute Gasteiger partial charge is 0.251 e. The molecule has 2 rings (SSSR count). The fraction of sp³-hybridized carbons (Fsp3) is 0.389. The minimum atomic E-state index is -0.268. The molecule has 1 aromatic carbocycles. The van der Waals surface area contributed by atoms with E-state index in [-0.39, 0.29) is 31.3 Å². The number of rotatable bonds is 9. The molecule has 0 fully saturated rings. The number of hydrogen-bond donors (Lipinski definition) is 2. The number of aliphatic hydroxyl groups excluding tert-OH is 1. The summed E-state index contributed by atoms with van der Waals surface area (Å²) >= 11 is 1.57. The van der Waals surface area contributed by atoms with E-state index in [1.165, 1.54) is 0 Å². The molecule has 0 aliphatic carbocycles. The van der Waals surface area contributed by atoms with Crippen molar-refractivity contribution >= 4 is 17.2 Å². The minimum Gasteiger partial charge on any atom is -0.491 e. The first-order chi connectivity index (χ1) is 11.6. The van der Waals surface area contributed by atoms with Crippen molar-refractivity contribution in [3.63, 3.8) is 0 Å². The SMILES string of the molecule is CC(C)Oc1ccc(C(=O)NC[C@H](OCCO)c2ccsc2)cc1. The van der Waals surface area contributed by atoms with Crippen molar-refractivity contribution in [2.75, 3.05) is 19.8 Å². The standard InChI is InChI=1S/C18H23NO4S/c1-13(2)23-16-5-3-14(4-6-16)18(21)19-11-17(22-9-8-20)15-7-10-24-12-15/h3-7,10,12-13,17,20H,8-9,11H2,1-2H3,(H,19,21)/t17-/m0/s1. The number of carbonyl (C=O) groups is 1. The molecule has 6 heteroatoms. The van der Waals surface area contributed by atoms with Gasteiger partial charge in [-0.3, -0.25) is 4.79 Å². The molecule has 1 atom stereocenters. The van der Waals surface area contributed by atoms with Crippen LogP contribution in [0.3, 0.4) is 0 Å². The Labute approximate surface area is 146 Å². The Morgan fingerprint density at radius 3 is 2.58 bits per heavy atom. The number of thiophene rings is 1. The highest BCUT2D eigenvalue weighted by molar-refractivity contribution is 7.07. The van der Waals surface area contributed by atoms with Gasteiger partial charge in [0.15, 0.2) is 0 Å². The van der Waals surface area contributed by atoms with Crippen LogP contribution in [0.2, 0.25) is 0 Å². The monoisotopic (exact) mass is 349 g/mol. The summed E-state index contributed by atoms with van der Waals surface area (Å²) in [5.41, 5.74) is 1.56. The van der Waals surface area contributed by atoms with E-state index in [9.17, 15) is 4.79 Å². The predicted molar refractivity (Wildman–Crippen MR) is 94.6 cm³/mol. The Hall–Kier alpha value is -1.89. The number of aliphatic hydroxyl groups is 1. The molecule has 0 bridgehead atoms. The molecule has 2 N–H and O–H groups in total. The summed E-state index contributed by atoms with van der Waals surface area (Å²) in [5, 5.41) is 15.7. The Balaban J connectivity index is 1.92. The zero-order valence-electron chi connectivity index (χ0n) is 13.9. The highest BCUT2D eigenvalue weighted by Crippen LogP contribution is 2.20. The lowest BCUT2D eigenvalue weighted by Gasteiger charge is -2.17. The van der Waals surface area contributed by atoms with Crippen molar-refractivity contribution < 1.29 is 19.4 Å². The highest BCUT2D eigenvalue weighted by Gasteiger charge is 2.15. The summed E-state index contributed by atoms with van der Waals surface area (Å²) < 4.78 is 11.2. The van der Waals surface area contributed by atoms with Gasteiger partial charge < -0.3 is 19.9 Å². The number of ether oxygens (including phenoxy) is 2. The van der Waals surface area contributed by atoms with E-state index in [0.29, 0.717) is 12.1 Å². The molecule has 0 aliphatic heterocycles. The van der Waals surface area contributed by atoms with Crippen molar-refractivity contribution in [1.29, 1.82) is 0 Å². The van der Waals surface area contributed by atoms with Gasteiger partial charge in [0.25, 0.3) is 5.91 Å². The largest absolute Gasteiger partial charge is 0.491 e. The van der Waals surface area contributed by atoms with Gasteiger partial charge >= 0.3 is 0 Å². The molecule has 0 saturated carbocycles. The van der Waals surface area contributed by atoms with Gasteiger partial charge in [-0.05, 0) is 60.5 Å². The predicted octanol–water partition coefficient (Wildman–Crippen LogP) is 3.02. The Bertz CT molecular complexity index is 610. The van der Waals surface area contributed by atoms with Gasteiger partial charge in [-0.15, -0.1) is 0 Å². The lowest BCUT2D eigenvalue weighted by molar-refractivity contribution is 0.0279. The van der Waals surface area contributed by atoms with Crippen LogP contribution in [-0.4, -0.2) is 36.9 Å². The molecule has 1 heterocycles. The van der Waals surface area contributed by atoms with Gasteiger partial charge in [0.1, 0.15) is 11.9 Å². The molecule has 2 aromatic rings. The van der Waals surface area contributed by atoms with Crippen LogP contribution in [0.1, 0.15) is 35.9 Å². The van der Waals surface area contributed by atoms with Crippen LogP contribution in [0.25, 0.3) is 0 Å². The van der Waals surface area contributed by atoms with Gasteiger partial charge in [0.2, 0.25) is 0 Å². The molecule has 0 unspecified atom stereocenters. The molecule has 0 radical (unpaired) electrons. The average molecular weight is 349 g/mol. The summed E-state index contributed by atoms with van der Waals surface area (Å²) in [5.74, 6) is 0.572. The second-order valence-electron chi connectivity index (χ2n) is 5.54. The lowest BCUT2D eigenvalue weighted by atomic mass is 10.1. The molecule has 5 nitrogen and oxygen atoms in total. The van der Waals surface area contributed by atoms with E-state index in [1.54, 1.807) is 35.6 Å². The molecule has 0 aliphatic rings. The van der Waals surface area contributed by atoms with Crippen molar-refractivity contribution in [2.24, 2.45) is 0 Å². The number of amides is 1. The normalized spacial score (nSPS) is 12.2. The summed E-state index contributed by atoms with van der Waals surface area (Å²) in [6.45, 7) is 4.44. The molecule has 24 heavy (non-hydrogen) atoms. The maximum Gasteiger partial charge on any atom is 0.251 e.